The van der Waals surface area contributed by atoms with Gasteiger partial charge in [-0.15, -0.1) is 0 Å². The summed E-state index contributed by atoms with van der Waals surface area (Å²) in [6.45, 7) is 1.72. The minimum Gasteiger partial charge on any atom is -0.351 e. The van der Waals surface area contributed by atoms with Gasteiger partial charge in [0, 0.05) is 18.7 Å². The van der Waals surface area contributed by atoms with Gasteiger partial charge in [-0.1, -0.05) is 0 Å². The van der Waals surface area contributed by atoms with Gasteiger partial charge in [0.2, 0.25) is 0 Å². The Morgan fingerprint density at radius 1 is 1.59 bits per heavy atom. The Hall–Kier alpha value is -1.89. The summed E-state index contributed by atoms with van der Waals surface area (Å²) < 4.78 is 0. The van der Waals surface area contributed by atoms with Crippen LogP contribution >= 0.6 is 0 Å². The Bertz CT molecular complexity index is 423. The van der Waals surface area contributed by atoms with Crippen molar-refractivity contribution < 1.29 is 9.72 Å². The van der Waals surface area contributed by atoms with Crippen LogP contribution in [0.1, 0.15) is 23.3 Å². The molecule has 1 aromatic rings. The smallest absolute Gasteiger partial charge is 0.287 e. The van der Waals surface area contributed by atoms with E-state index in [0.717, 1.165) is 25.9 Å². The van der Waals surface area contributed by atoms with Gasteiger partial charge in [0.15, 0.2) is 0 Å². The molecule has 1 amide bonds. The molecule has 1 saturated heterocycles. The average Bonchev–Trinajstić information content (AvgIpc) is 2.79. The number of hydrogen-bond donors (Lipinski definition) is 3. The van der Waals surface area contributed by atoms with Crippen molar-refractivity contribution in [2.45, 2.75) is 18.9 Å². The molecule has 0 aliphatic carbocycles. The van der Waals surface area contributed by atoms with Gasteiger partial charge in [-0.2, -0.15) is 0 Å². The highest BCUT2D eigenvalue weighted by molar-refractivity contribution is 5.93. The van der Waals surface area contributed by atoms with Gasteiger partial charge in [-0.05, 0) is 19.4 Å². The molecule has 1 aromatic heterocycles. The zero-order valence-corrected chi connectivity index (χ0v) is 9.23. The number of nitrogens with zero attached hydrogens (tertiary/aromatic N) is 1. The maximum absolute atomic E-state index is 11.8. The third-order valence-corrected chi connectivity index (χ3v) is 2.76. The van der Waals surface area contributed by atoms with Gasteiger partial charge in [0.05, 0.1) is 11.1 Å². The summed E-state index contributed by atoms with van der Waals surface area (Å²) in [6.07, 6.45) is 3.17. The number of nitrogens with one attached hydrogen (secondary N) is 3. The molecule has 7 nitrogen and oxygen atoms in total. The number of amides is 1. The zero-order valence-electron chi connectivity index (χ0n) is 9.23. The highest BCUT2D eigenvalue weighted by atomic mass is 16.6. The lowest BCUT2D eigenvalue weighted by atomic mass is 10.1. The standard InChI is InChI=1S/C10H14N4O3/c15-10(13-7-2-1-3-11-5-7)9-4-8(6-12-9)14(16)17/h4,6-7,11-12H,1-3,5H2,(H,13,15)/t7-/m1/s1. The first-order valence-corrected chi connectivity index (χ1v) is 5.51. The van der Waals surface area contributed by atoms with E-state index in [2.05, 4.69) is 15.6 Å². The molecule has 1 atom stereocenters. The molecule has 0 saturated carbocycles. The van der Waals surface area contributed by atoms with E-state index in [0.29, 0.717) is 0 Å². The monoisotopic (exact) mass is 238 g/mol. The van der Waals surface area contributed by atoms with E-state index in [4.69, 9.17) is 0 Å². The van der Waals surface area contributed by atoms with Crippen molar-refractivity contribution in [3.05, 3.63) is 28.1 Å². The van der Waals surface area contributed by atoms with Crippen molar-refractivity contribution in [2.24, 2.45) is 0 Å². The zero-order chi connectivity index (χ0) is 12.3. The molecule has 1 aliphatic heterocycles. The SMILES string of the molecule is O=C(N[C@@H]1CCCNC1)c1cc([N+](=O)[O-])c[nH]1. The Balaban J connectivity index is 1.96. The van der Waals surface area contributed by atoms with Crippen LogP contribution in [0.15, 0.2) is 12.3 Å². The van der Waals surface area contributed by atoms with E-state index in [-0.39, 0.29) is 23.3 Å². The highest BCUT2D eigenvalue weighted by Crippen LogP contribution is 2.12. The first-order valence-electron chi connectivity index (χ1n) is 5.51. The van der Waals surface area contributed by atoms with Gasteiger partial charge >= 0.3 is 0 Å². The summed E-state index contributed by atoms with van der Waals surface area (Å²) >= 11 is 0. The number of aromatic amines is 1. The molecule has 1 fully saturated rings. The van der Waals surface area contributed by atoms with Crippen molar-refractivity contribution >= 4 is 11.6 Å². The maximum Gasteiger partial charge on any atom is 0.287 e. The second kappa shape index (κ2) is 4.96. The van der Waals surface area contributed by atoms with Crippen LogP contribution in [0.25, 0.3) is 0 Å². The lowest BCUT2D eigenvalue weighted by Gasteiger charge is -2.23. The molecule has 7 heteroatoms. The summed E-state index contributed by atoms with van der Waals surface area (Å²) in [5.41, 5.74) is 0.124. The van der Waals surface area contributed by atoms with Crippen LogP contribution in [0, 0.1) is 10.1 Å². The van der Waals surface area contributed by atoms with Crippen LogP contribution in [0.3, 0.4) is 0 Å². The van der Waals surface area contributed by atoms with Crippen molar-refractivity contribution in [1.82, 2.24) is 15.6 Å². The van der Waals surface area contributed by atoms with Gasteiger partial charge in [-0.25, -0.2) is 0 Å². The van der Waals surface area contributed by atoms with Crippen LogP contribution in [0.4, 0.5) is 5.69 Å². The Morgan fingerprint density at radius 3 is 3.00 bits per heavy atom. The molecular weight excluding hydrogens is 224 g/mol. The number of nitro groups is 1. The number of piperidine rings is 1. The predicted molar refractivity (Wildman–Crippen MR) is 60.8 cm³/mol. The maximum atomic E-state index is 11.8. The number of aromatic nitrogens is 1. The van der Waals surface area contributed by atoms with Gasteiger partial charge in [0.1, 0.15) is 5.69 Å². The molecule has 2 rings (SSSR count). The van der Waals surface area contributed by atoms with Crippen molar-refractivity contribution in [1.29, 1.82) is 0 Å². The van der Waals surface area contributed by atoms with Crippen LogP contribution in [-0.2, 0) is 0 Å². The molecular formula is C10H14N4O3. The normalized spacial score (nSPS) is 19.9. The Kier molecular flexibility index (Phi) is 3.38. The molecule has 0 spiro atoms. The lowest BCUT2D eigenvalue weighted by molar-refractivity contribution is -0.384. The quantitative estimate of drug-likeness (QED) is 0.524. The summed E-state index contributed by atoms with van der Waals surface area (Å²) in [6, 6.07) is 1.34. The summed E-state index contributed by atoms with van der Waals surface area (Å²) in [7, 11) is 0. The Labute approximate surface area is 97.7 Å². The molecule has 0 aromatic carbocycles. The minimum atomic E-state index is -0.532. The van der Waals surface area contributed by atoms with Crippen LogP contribution < -0.4 is 10.6 Å². The molecule has 1 aliphatic rings. The van der Waals surface area contributed by atoms with E-state index < -0.39 is 4.92 Å². The number of H-pyrrole nitrogens is 1. The van der Waals surface area contributed by atoms with Crippen molar-refractivity contribution in [2.75, 3.05) is 13.1 Å². The summed E-state index contributed by atoms with van der Waals surface area (Å²) in [5, 5.41) is 16.5. The van der Waals surface area contributed by atoms with Gasteiger partial charge in [0.25, 0.3) is 11.6 Å². The highest BCUT2D eigenvalue weighted by Gasteiger charge is 2.19. The first kappa shape index (κ1) is 11.6. The molecule has 0 unspecified atom stereocenters. The summed E-state index contributed by atoms with van der Waals surface area (Å²) in [5.74, 6) is -0.299. The van der Waals surface area contributed by atoms with Crippen LogP contribution in [0.2, 0.25) is 0 Å². The number of carbonyl (C=O) groups is 1. The second-order valence-electron chi connectivity index (χ2n) is 4.05. The predicted octanol–water partition coefficient (Wildman–Crippen LogP) is 0.405. The third-order valence-electron chi connectivity index (χ3n) is 2.76. The molecule has 17 heavy (non-hydrogen) atoms. The van der Waals surface area contributed by atoms with E-state index in [1.807, 2.05) is 0 Å². The third kappa shape index (κ3) is 2.82. The van der Waals surface area contributed by atoms with Crippen molar-refractivity contribution in [3.63, 3.8) is 0 Å². The molecule has 3 N–H and O–H groups in total. The van der Waals surface area contributed by atoms with Crippen LogP contribution in [-0.4, -0.2) is 34.9 Å². The number of carbonyl (C=O) groups excluding carboxylic acids is 1. The first-order chi connectivity index (χ1) is 8.16. The van der Waals surface area contributed by atoms with E-state index in [9.17, 15) is 14.9 Å². The topological polar surface area (TPSA) is 100 Å². The van der Waals surface area contributed by atoms with Gasteiger partial charge in [-0.3, -0.25) is 14.9 Å². The molecule has 0 bridgehead atoms. The largest absolute Gasteiger partial charge is 0.351 e. The van der Waals surface area contributed by atoms with Crippen LogP contribution in [0.5, 0.6) is 0 Å². The second-order valence-corrected chi connectivity index (χ2v) is 4.05. The molecule has 2 heterocycles. The average molecular weight is 238 g/mol. The number of hydrogen-bond acceptors (Lipinski definition) is 4. The minimum absolute atomic E-state index is 0.0959. The van der Waals surface area contributed by atoms with E-state index in [1.54, 1.807) is 0 Å². The molecule has 92 valence electrons. The fraction of sp³-hybridized carbons (Fsp3) is 0.500. The van der Waals surface area contributed by atoms with E-state index >= 15 is 0 Å². The summed E-state index contributed by atoms with van der Waals surface area (Å²) in [4.78, 5) is 24.3. The number of rotatable bonds is 3. The van der Waals surface area contributed by atoms with Crippen molar-refractivity contribution in [3.8, 4) is 0 Å². The van der Waals surface area contributed by atoms with Gasteiger partial charge < -0.3 is 15.6 Å². The fourth-order valence-corrected chi connectivity index (χ4v) is 1.86. The fourth-order valence-electron chi connectivity index (χ4n) is 1.86. The van der Waals surface area contributed by atoms with E-state index in [1.165, 1.54) is 12.3 Å². The lowest BCUT2D eigenvalue weighted by Crippen LogP contribution is -2.45. The Morgan fingerprint density at radius 2 is 2.41 bits per heavy atom. The molecule has 0 radical (unpaired) electrons.